The summed E-state index contributed by atoms with van der Waals surface area (Å²) in [5, 5.41) is 3.30. The van der Waals surface area contributed by atoms with Crippen molar-refractivity contribution in [1.29, 1.82) is 0 Å². The number of hydrogen-bond acceptors (Lipinski definition) is 4. The van der Waals surface area contributed by atoms with Crippen molar-refractivity contribution >= 4 is 11.6 Å². The lowest BCUT2D eigenvalue weighted by Crippen LogP contribution is -2.30. The predicted molar refractivity (Wildman–Crippen MR) is 86.6 cm³/mol. The van der Waals surface area contributed by atoms with Crippen LogP contribution in [0.4, 0.5) is 16.0 Å². The topological polar surface area (TPSA) is 41.1 Å². The molecule has 116 valence electrons. The quantitative estimate of drug-likeness (QED) is 0.938. The minimum atomic E-state index is -0.214. The van der Waals surface area contributed by atoms with E-state index in [4.69, 9.17) is 0 Å². The van der Waals surface area contributed by atoms with Crippen LogP contribution in [0, 0.1) is 12.7 Å². The normalized spacial score (nSPS) is 14.9. The van der Waals surface area contributed by atoms with Gasteiger partial charge in [0.25, 0.3) is 0 Å². The standard InChI is InChI=1S/C17H21FN4/c1-13-20-16(19-12-14-5-7-15(18)8-6-14)11-17(21-13)22-9-3-2-4-10-22/h5-8,11H,2-4,9-10,12H2,1H3,(H,19,20,21). The maximum absolute atomic E-state index is 12.9. The number of rotatable bonds is 4. The SMILES string of the molecule is Cc1nc(NCc2ccc(F)cc2)cc(N2CCCCC2)n1. The van der Waals surface area contributed by atoms with Gasteiger partial charge in [-0.05, 0) is 43.9 Å². The first-order chi connectivity index (χ1) is 10.7. The van der Waals surface area contributed by atoms with Crippen LogP contribution in [0.1, 0.15) is 30.7 Å². The molecule has 0 amide bonds. The Bertz CT molecular complexity index is 621. The van der Waals surface area contributed by atoms with E-state index in [0.29, 0.717) is 6.54 Å². The molecule has 2 heterocycles. The number of halogens is 1. The number of aryl methyl sites for hydroxylation is 1. The minimum absolute atomic E-state index is 0.214. The van der Waals surface area contributed by atoms with Crippen LogP contribution in [0.3, 0.4) is 0 Å². The van der Waals surface area contributed by atoms with Crippen LogP contribution in [-0.2, 0) is 6.54 Å². The molecule has 22 heavy (non-hydrogen) atoms. The molecular formula is C17H21FN4. The van der Waals surface area contributed by atoms with E-state index in [9.17, 15) is 4.39 Å². The molecular weight excluding hydrogens is 279 g/mol. The summed E-state index contributed by atoms with van der Waals surface area (Å²) in [5.74, 6) is 2.37. The highest BCUT2D eigenvalue weighted by molar-refractivity contribution is 5.49. The van der Waals surface area contributed by atoms with E-state index >= 15 is 0 Å². The zero-order valence-electron chi connectivity index (χ0n) is 12.8. The molecule has 1 saturated heterocycles. The van der Waals surface area contributed by atoms with Gasteiger partial charge in [-0.2, -0.15) is 0 Å². The van der Waals surface area contributed by atoms with E-state index in [0.717, 1.165) is 36.1 Å². The van der Waals surface area contributed by atoms with Crippen LogP contribution in [0.25, 0.3) is 0 Å². The highest BCUT2D eigenvalue weighted by Crippen LogP contribution is 2.20. The predicted octanol–water partition coefficient (Wildman–Crippen LogP) is 3.53. The van der Waals surface area contributed by atoms with Gasteiger partial charge in [-0.1, -0.05) is 12.1 Å². The number of benzene rings is 1. The highest BCUT2D eigenvalue weighted by Gasteiger charge is 2.13. The highest BCUT2D eigenvalue weighted by atomic mass is 19.1. The molecule has 1 aromatic carbocycles. The zero-order valence-corrected chi connectivity index (χ0v) is 12.8. The number of anilines is 2. The van der Waals surface area contributed by atoms with Gasteiger partial charge in [-0.15, -0.1) is 0 Å². The third-order valence-corrected chi connectivity index (χ3v) is 3.89. The Labute approximate surface area is 130 Å². The van der Waals surface area contributed by atoms with Gasteiger partial charge in [0.1, 0.15) is 23.3 Å². The lowest BCUT2D eigenvalue weighted by atomic mass is 10.1. The second-order valence-electron chi connectivity index (χ2n) is 5.69. The van der Waals surface area contributed by atoms with Crippen LogP contribution >= 0.6 is 0 Å². The average molecular weight is 300 g/mol. The van der Waals surface area contributed by atoms with Gasteiger partial charge in [0.05, 0.1) is 0 Å². The van der Waals surface area contributed by atoms with Crippen molar-refractivity contribution < 1.29 is 4.39 Å². The van der Waals surface area contributed by atoms with Crippen molar-refractivity contribution in [2.75, 3.05) is 23.3 Å². The molecule has 1 N–H and O–H groups in total. The summed E-state index contributed by atoms with van der Waals surface area (Å²) in [6, 6.07) is 8.51. The fraction of sp³-hybridized carbons (Fsp3) is 0.412. The Morgan fingerprint density at radius 1 is 1.09 bits per heavy atom. The summed E-state index contributed by atoms with van der Waals surface area (Å²) >= 11 is 0. The maximum Gasteiger partial charge on any atom is 0.134 e. The van der Waals surface area contributed by atoms with Gasteiger partial charge < -0.3 is 10.2 Å². The maximum atomic E-state index is 12.9. The van der Waals surface area contributed by atoms with Gasteiger partial charge in [0, 0.05) is 25.7 Å². The van der Waals surface area contributed by atoms with E-state index in [2.05, 4.69) is 20.2 Å². The molecule has 0 bridgehead atoms. The summed E-state index contributed by atoms with van der Waals surface area (Å²) in [5.41, 5.74) is 1.03. The van der Waals surface area contributed by atoms with Crippen molar-refractivity contribution in [2.45, 2.75) is 32.7 Å². The number of nitrogens with one attached hydrogen (secondary N) is 1. The smallest absolute Gasteiger partial charge is 0.134 e. The molecule has 1 aliphatic rings. The van der Waals surface area contributed by atoms with E-state index in [1.165, 1.54) is 31.4 Å². The van der Waals surface area contributed by atoms with E-state index in [1.807, 2.05) is 13.0 Å². The molecule has 0 radical (unpaired) electrons. The van der Waals surface area contributed by atoms with Crippen molar-refractivity contribution in [1.82, 2.24) is 9.97 Å². The first-order valence-electron chi connectivity index (χ1n) is 7.80. The summed E-state index contributed by atoms with van der Waals surface area (Å²) in [6.07, 6.45) is 3.75. The fourth-order valence-electron chi connectivity index (χ4n) is 2.72. The van der Waals surface area contributed by atoms with Gasteiger partial charge in [-0.3, -0.25) is 0 Å². The van der Waals surface area contributed by atoms with Gasteiger partial charge >= 0.3 is 0 Å². The van der Waals surface area contributed by atoms with Crippen LogP contribution in [0.5, 0.6) is 0 Å². The average Bonchev–Trinajstić information content (AvgIpc) is 2.55. The third-order valence-electron chi connectivity index (χ3n) is 3.89. The van der Waals surface area contributed by atoms with Crippen molar-refractivity contribution in [3.05, 3.63) is 47.5 Å². The summed E-state index contributed by atoms with van der Waals surface area (Å²) in [7, 11) is 0. The second kappa shape index (κ2) is 6.73. The number of nitrogens with zero attached hydrogens (tertiary/aromatic N) is 3. The molecule has 1 aliphatic heterocycles. The molecule has 2 aromatic rings. The van der Waals surface area contributed by atoms with Crippen molar-refractivity contribution in [3.63, 3.8) is 0 Å². The lowest BCUT2D eigenvalue weighted by molar-refractivity contribution is 0.572. The van der Waals surface area contributed by atoms with Gasteiger partial charge in [0.2, 0.25) is 0 Å². The largest absolute Gasteiger partial charge is 0.366 e. The van der Waals surface area contributed by atoms with E-state index < -0.39 is 0 Å². The summed E-state index contributed by atoms with van der Waals surface area (Å²) in [4.78, 5) is 11.3. The Morgan fingerprint density at radius 3 is 2.55 bits per heavy atom. The Balaban J connectivity index is 1.70. The molecule has 3 rings (SSSR count). The second-order valence-corrected chi connectivity index (χ2v) is 5.69. The minimum Gasteiger partial charge on any atom is -0.366 e. The molecule has 1 aromatic heterocycles. The van der Waals surface area contributed by atoms with E-state index in [1.54, 1.807) is 12.1 Å². The summed E-state index contributed by atoms with van der Waals surface area (Å²) < 4.78 is 12.9. The molecule has 0 saturated carbocycles. The van der Waals surface area contributed by atoms with Crippen LogP contribution in [0.2, 0.25) is 0 Å². The van der Waals surface area contributed by atoms with Gasteiger partial charge in [-0.25, -0.2) is 14.4 Å². The van der Waals surface area contributed by atoms with Crippen molar-refractivity contribution in [2.24, 2.45) is 0 Å². The van der Waals surface area contributed by atoms with Crippen molar-refractivity contribution in [3.8, 4) is 0 Å². The molecule has 0 unspecified atom stereocenters. The number of aromatic nitrogens is 2. The van der Waals surface area contributed by atoms with Crippen LogP contribution in [0.15, 0.2) is 30.3 Å². The first-order valence-corrected chi connectivity index (χ1v) is 7.80. The molecule has 0 spiro atoms. The zero-order chi connectivity index (χ0) is 15.4. The number of hydrogen-bond donors (Lipinski definition) is 1. The Morgan fingerprint density at radius 2 is 1.82 bits per heavy atom. The fourth-order valence-corrected chi connectivity index (χ4v) is 2.72. The monoisotopic (exact) mass is 300 g/mol. The summed E-state index contributed by atoms with van der Waals surface area (Å²) in [6.45, 7) is 4.66. The van der Waals surface area contributed by atoms with Crippen LogP contribution < -0.4 is 10.2 Å². The molecule has 0 atom stereocenters. The number of piperidine rings is 1. The molecule has 1 fully saturated rings. The Kier molecular flexibility index (Phi) is 4.51. The van der Waals surface area contributed by atoms with Crippen LogP contribution in [-0.4, -0.2) is 23.1 Å². The van der Waals surface area contributed by atoms with E-state index in [-0.39, 0.29) is 5.82 Å². The Hall–Kier alpha value is -2.17. The molecule has 0 aliphatic carbocycles. The van der Waals surface area contributed by atoms with Gasteiger partial charge in [0.15, 0.2) is 0 Å². The lowest BCUT2D eigenvalue weighted by Gasteiger charge is -2.28. The molecule has 5 heteroatoms. The molecule has 4 nitrogen and oxygen atoms in total. The third kappa shape index (κ3) is 3.72. The first kappa shape index (κ1) is 14.8.